The van der Waals surface area contributed by atoms with E-state index < -0.39 is 0 Å². The molecule has 0 saturated carbocycles. The summed E-state index contributed by atoms with van der Waals surface area (Å²) in [6.45, 7) is 0. The summed E-state index contributed by atoms with van der Waals surface area (Å²) in [5.74, 6) is 0.250. The first-order valence-corrected chi connectivity index (χ1v) is 12.1. The highest BCUT2D eigenvalue weighted by Gasteiger charge is 2.36. The van der Waals surface area contributed by atoms with Crippen LogP contribution in [0.25, 0.3) is 22.0 Å². The number of benzene rings is 3. The lowest BCUT2D eigenvalue weighted by Gasteiger charge is -2.34. The minimum absolute atomic E-state index is 0.234. The van der Waals surface area contributed by atoms with Crippen LogP contribution in [0.5, 0.6) is 0 Å². The molecule has 0 saturated heterocycles. The number of thioether (sulfide) groups is 1. The predicted octanol–water partition coefficient (Wildman–Crippen LogP) is 5.33. The quantitative estimate of drug-likeness (QED) is 0.344. The van der Waals surface area contributed by atoms with Gasteiger partial charge in [0.05, 0.1) is 5.70 Å². The molecule has 1 aliphatic rings. The summed E-state index contributed by atoms with van der Waals surface area (Å²) in [5, 5.41) is 11.2. The van der Waals surface area contributed by atoms with Crippen LogP contribution >= 0.6 is 11.8 Å². The molecule has 1 aliphatic heterocycles. The number of fused-ring (bicyclic) bond motifs is 1. The molecule has 6 rings (SSSR count). The van der Waals surface area contributed by atoms with E-state index in [2.05, 4.69) is 15.2 Å². The number of anilines is 1. The summed E-state index contributed by atoms with van der Waals surface area (Å²) >= 11 is 1.47. The minimum atomic E-state index is -0.234. The van der Waals surface area contributed by atoms with Gasteiger partial charge in [-0.3, -0.25) is 9.78 Å². The molecule has 2 N–H and O–H groups in total. The summed E-state index contributed by atoms with van der Waals surface area (Å²) < 4.78 is 1.76. The molecule has 174 valence electrons. The van der Waals surface area contributed by atoms with Gasteiger partial charge in [-0.1, -0.05) is 72.8 Å². The first kappa shape index (κ1) is 21.8. The number of nitrogens with zero attached hydrogens (tertiary/aromatic N) is 5. The zero-order valence-electron chi connectivity index (χ0n) is 19.0. The van der Waals surface area contributed by atoms with Crippen molar-refractivity contribution in [1.82, 2.24) is 19.9 Å². The van der Waals surface area contributed by atoms with Crippen molar-refractivity contribution >= 4 is 34.0 Å². The number of amides is 1. The van der Waals surface area contributed by atoms with Crippen molar-refractivity contribution in [1.29, 1.82) is 0 Å². The van der Waals surface area contributed by atoms with E-state index in [-0.39, 0.29) is 5.91 Å². The van der Waals surface area contributed by atoms with Crippen molar-refractivity contribution in [2.75, 3.05) is 10.7 Å². The first-order valence-electron chi connectivity index (χ1n) is 11.3. The molecule has 0 unspecified atom stereocenters. The molecule has 0 bridgehead atoms. The maximum atomic E-state index is 14.2. The van der Waals surface area contributed by atoms with Gasteiger partial charge in [-0.05, 0) is 41.6 Å². The van der Waals surface area contributed by atoms with Crippen LogP contribution in [-0.2, 0) is 0 Å². The molecule has 5 aromatic rings. The van der Waals surface area contributed by atoms with E-state index in [0.717, 1.165) is 21.7 Å². The minimum Gasteiger partial charge on any atom is -0.398 e. The molecule has 1 amide bonds. The molecule has 3 heterocycles. The third-order valence-corrected chi connectivity index (χ3v) is 6.91. The van der Waals surface area contributed by atoms with Crippen LogP contribution in [0.3, 0.4) is 0 Å². The Morgan fingerprint density at radius 2 is 1.39 bits per heavy atom. The highest BCUT2D eigenvalue weighted by Crippen LogP contribution is 2.46. The van der Waals surface area contributed by atoms with E-state index in [1.807, 2.05) is 84.9 Å². The van der Waals surface area contributed by atoms with Gasteiger partial charge in [-0.15, -0.1) is 10.2 Å². The molecule has 36 heavy (non-hydrogen) atoms. The lowest BCUT2D eigenvalue weighted by atomic mass is 10.1. The van der Waals surface area contributed by atoms with Crippen LogP contribution in [0.2, 0.25) is 0 Å². The Morgan fingerprint density at radius 1 is 0.750 bits per heavy atom. The number of hydrogen-bond donors (Lipinski definition) is 1. The summed E-state index contributed by atoms with van der Waals surface area (Å²) in [7, 11) is 0. The summed E-state index contributed by atoms with van der Waals surface area (Å²) in [5.41, 5.74) is 10.7. The Hall–Kier alpha value is -4.69. The molecule has 8 heteroatoms. The average molecular weight is 489 g/mol. The number of carbonyl (C=O) groups is 1. The lowest BCUT2D eigenvalue weighted by molar-refractivity contribution is 0.0974. The second kappa shape index (κ2) is 9.16. The Labute approximate surface area is 211 Å². The monoisotopic (exact) mass is 488 g/mol. The molecule has 2 aromatic heterocycles. The van der Waals surface area contributed by atoms with Crippen LogP contribution in [0, 0.1) is 0 Å². The second-order valence-electron chi connectivity index (χ2n) is 8.07. The topological polar surface area (TPSA) is 89.9 Å². The highest BCUT2D eigenvalue weighted by atomic mass is 32.2. The summed E-state index contributed by atoms with van der Waals surface area (Å²) in [6, 6.07) is 30.7. The SMILES string of the molecule is Nc1ccccc1-c1nnc2n1N(C(=O)c1ccncc1)C(c1ccccc1)=C(c1ccccc1)S2. The third kappa shape index (κ3) is 3.73. The smallest absolute Gasteiger partial charge is 0.277 e. The standard InChI is InChI=1S/C28H20N6OS/c29-23-14-8-7-13-22(23)26-31-32-28-34(26)33(27(35)21-15-17-30-18-16-21)24(19-9-3-1-4-10-19)25(36-28)20-11-5-2-6-12-20/h1-18H,29H2. The molecule has 3 aromatic carbocycles. The van der Waals surface area contributed by atoms with Gasteiger partial charge in [0.25, 0.3) is 5.91 Å². The van der Waals surface area contributed by atoms with Crippen LogP contribution in [0.1, 0.15) is 21.5 Å². The largest absolute Gasteiger partial charge is 0.398 e. The molecular weight excluding hydrogens is 468 g/mol. The van der Waals surface area contributed by atoms with Gasteiger partial charge in [0, 0.05) is 39.7 Å². The molecule has 7 nitrogen and oxygen atoms in total. The zero-order valence-corrected chi connectivity index (χ0v) is 19.8. The number of carbonyl (C=O) groups excluding carboxylic acids is 1. The maximum Gasteiger partial charge on any atom is 0.277 e. The number of pyridine rings is 1. The fourth-order valence-electron chi connectivity index (χ4n) is 4.16. The van der Waals surface area contributed by atoms with E-state index in [0.29, 0.717) is 27.8 Å². The molecule has 0 atom stereocenters. The number of para-hydroxylation sites is 1. The van der Waals surface area contributed by atoms with Crippen molar-refractivity contribution in [3.05, 3.63) is 126 Å². The zero-order chi connectivity index (χ0) is 24.5. The number of aromatic nitrogens is 4. The molecule has 0 aliphatic carbocycles. The van der Waals surface area contributed by atoms with Crippen LogP contribution in [0.15, 0.2) is 115 Å². The van der Waals surface area contributed by atoms with Gasteiger partial charge in [-0.2, -0.15) is 4.68 Å². The van der Waals surface area contributed by atoms with E-state index in [4.69, 9.17) is 5.73 Å². The Kier molecular flexibility index (Phi) is 5.55. The van der Waals surface area contributed by atoms with Crippen LogP contribution < -0.4 is 10.7 Å². The summed E-state index contributed by atoms with van der Waals surface area (Å²) in [4.78, 5) is 19.2. The van der Waals surface area contributed by atoms with Gasteiger partial charge in [0.2, 0.25) is 5.16 Å². The summed E-state index contributed by atoms with van der Waals surface area (Å²) in [6.07, 6.45) is 3.22. The van der Waals surface area contributed by atoms with Crippen LogP contribution in [0.4, 0.5) is 5.69 Å². The molecular formula is C28H20N6OS. The van der Waals surface area contributed by atoms with Crippen molar-refractivity contribution < 1.29 is 4.79 Å². The lowest BCUT2D eigenvalue weighted by Crippen LogP contribution is -2.42. The number of nitrogen functional groups attached to an aromatic ring is 1. The van der Waals surface area contributed by atoms with Crippen molar-refractivity contribution in [2.45, 2.75) is 5.16 Å². The van der Waals surface area contributed by atoms with E-state index in [9.17, 15) is 4.79 Å². The van der Waals surface area contributed by atoms with E-state index in [1.165, 1.54) is 11.8 Å². The number of hydrogen-bond acceptors (Lipinski definition) is 6. The molecule has 0 radical (unpaired) electrons. The van der Waals surface area contributed by atoms with Crippen molar-refractivity contribution in [3.63, 3.8) is 0 Å². The normalized spacial score (nSPS) is 12.9. The van der Waals surface area contributed by atoms with Gasteiger partial charge in [-0.25, -0.2) is 5.01 Å². The van der Waals surface area contributed by atoms with E-state index >= 15 is 0 Å². The van der Waals surface area contributed by atoms with Crippen molar-refractivity contribution in [3.8, 4) is 11.4 Å². The Balaban J connectivity index is 1.66. The van der Waals surface area contributed by atoms with Gasteiger partial charge in [0.15, 0.2) is 5.82 Å². The number of nitrogens with two attached hydrogens (primary N) is 1. The number of rotatable bonds is 4. The first-order chi connectivity index (χ1) is 17.7. The highest BCUT2D eigenvalue weighted by molar-refractivity contribution is 8.08. The fraction of sp³-hybridized carbons (Fsp3) is 0. The van der Waals surface area contributed by atoms with Gasteiger partial charge < -0.3 is 5.73 Å². The Bertz CT molecular complexity index is 1580. The van der Waals surface area contributed by atoms with E-state index in [1.54, 1.807) is 34.2 Å². The van der Waals surface area contributed by atoms with Gasteiger partial charge in [0.1, 0.15) is 0 Å². The predicted molar refractivity (Wildman–Crippen MR) is 142 cm³/mol. The van der Waals surface area contributed by atoms with Crippen molar-refractivity contribution in [2.24, 2.45) is 0 Å². The second-order valence-corrected chi connectivity index (χ2v) is 9.05. The third-order valence-electron chi connectivity index (χ3n) is 5.84. The fourth-order valence-corrected chi connectivity index (χ4v) is 5.23. The average Bonchev–Trinajstić information content (AvgIpc) is 3.37. The van der Waals surface area contributed by atoms with Gasteiger partial charge >= 0.3 is 0 Å². The molecule has 0 fully saturated rings. The molecule has 0 spiro atoms. The van der Waals surface area contributed by atoms with Crippen LogP contribution in [-0.4, -0.2) is 25.8 Å². The Morgan fingerprint density at radius 3 is 2.08 bits per heavy atom. The maximum absolute atomic E-state index is 14.2.